The number of H-pyrrole nitrogens is 1. The lowest BCUT2D eigenvalue weighted by Crippen LogP contribution is -2.11. The van der Waals surface area contributed by atoms with Crippen molar-refractivity contribution in [2.45, 2.75) is 6.61 Å². The van der Waals surface area contributed by atoms with Crippen LogP contribution in [0.2, 0.25) is 0 Å². The van der Waals surface area contributed by atoms with Crippen molar-refractivity contribution < 1.29 is 9.13 Å². The van der Waals surface area contributed by atoms with Crippen molar-refractivity contribution in [1.82, 2.24) is 4.98 Å². The van der Waals surface area contributed by atoms with Gasteiger partial charge in [-0.3, -0.25) is 4.79 Å². The first-order valence-corrected chi connectivity index (χ1v) is 7.27. The van der Waals surface area contributed by atoms with E-state index in [4.69, 9.17) is 10.00 Å². The first-order valence-electron chi connectivity index (χ1n) is 7.27. The van der Waals surface area contributed by atoms with E-state index in [1.165, 1.54) is 18.3 Å². The number of nitrogens with zero attached hydrogens (tertiary/aromatic N) is 1. The van der Waals surface area contributed by atoms with Crippen LogP contribution in [0.1, 0.15) is 11.1 Å². The number of aromatic amines is 1. The van der Waals surface area contributed by atoms with Gasteiger partial charge in [0.15, 0.2) is 0 Å². The molecular weight excluding hydrogens is 307 g/mol. The molecule has 1 aromatic heterocycles. The van der Waals surface area contributed by atoms with Gasteiger partial charge in [-0.1, -0.05) is 30.3 Å². The second-order valence-electron chi connectivity index (χ2n) is 5.13. The van der Waals surface area contributed by atoms with E-state index in [9.17, 15) is 9.18 Å². The highest BCUT2D eigenvalue weighted by Crippen LogP contribution is 2.29. The summed E-state index contributed by atoms with van der Waals surface area (Å²) in [7, 11) is 0. The van der Waals surface area contributed by atoms with Gasteiger partial charge in [-0.05, 0) is 29.8 Å². The average molecular weight is 320 g/mol. The Labute approximate surface area is 137 Å². The summed E-state index contributed by atoms with van der Waals surface area (Å²) in [5.41, 5.74) is 0.873. The molecule has 118 valence electrons. The maximum Gasteiger partial charge on any atom is 0.259 e. The van der Waals surface area contributed by atoms with Crippen LogP contribution in [-0.4, -0.2) is 4.98 Å². The average Bonchev–Trinajstić information content (AvgIpc) is 2.61. The maximum atomic E-state index is 14.3. The van der Waals surface area contributed by atoms with E-state index >= 15 is 0 Å². The SMILES string of the molecule is N#Cc1ccc(-c2c(OCc3ccccc3)cc[nH]c2=O)c(F)c1. The van der Waals surface area contributed by atoms with Gasteiger partial charge in [-0.2, -0.15) is 5.26 Å². The molecule has 0 amide bonds. The standard InChI is InChI=1S/C19H13FN2O2/c20-16-10-14(11-21)6-7-15(16)18-17(8-9-22-19(18)23)24-12-13-4-2-1-3-5-13/h1-10H,12H2,(H,22,23). The minimum absolute atomic E-state index is 0.0962. The van der Waals surface area contributed by atoms with Crippen molar-refractivity contribution in [3.8, 4) is 22.9 Å². The summed E-state index contributed by atoms with van der Waals surface area (Å²) >= 11 is 0. The second-order valence-corrected chi connectivity index (χ2v) is 5.13. The van der Waals surface area contributed by atoms with Gasteiger partial charge in [0.05, 0.1) is 17.2 Å². The first-order chi connectivity index (χ1) is 11.7. The van der Waals surface area contributed by atoms with Gasteiger partial charge in [-0.25, -0.2) is 4.39 Å². The van der Waals surface area contributed by atoms with Crippen molar-refractivity contribution in [3.63, 3.8) is 0 Å². The molecule has 0 atom stereocenters. The Hall–Kier alpha value is -3.39. The molecule has 0 unspecified atom stereocenters. The zero-order chi connectivity index (χ0) is 16.9. The van der Waals surface area contributed by atoms with Gasteiger partial charge >= 0.3 is 0 Å². The molecule has 0 aliphatic carbocycles. The zero-order valence-electron chi connectivity index (χ0n) is 12.6. The molecule has 1 N–H and O–H groups in total. The molecule has 5 heteroatoms. The van der Waals surface area contributed by atoms with E-state index in [0.29, 0.717) is 0 Å². The topological polar surface area (TPSA) is 65.9 Å². The lowest BCUT2D eigenvalue weighted by atomic mass is 10.0. The summed E-state index contributed by atoms with van der Waals surface area (Å²) in [5.74, 6) is -0.360. The molecule has 0 bridgehead atoms. The highest BCUT2D eigenvalue weighted by atomic mass is 19.1. The van der Waals surface area contributed by atoms with Gasteiger partial charge in [-0.15, -0.1) is 0 Å². The molecule has 3 rings (SSSR count). The van der Waals surface area contributed by atoms with Crippen molar-refractivity contribution >= 4 is 0 Å². The summed E-state index contributed by atoms with van der Waals surface area (Å²) < 4.78 is 20.0. The molecule has 4 nitrogen and oxygen atoms in total. The van der Waals surface area contributed by atoms with E-state index in [0.717, 1.165) is 11.6 Å². The third-order valence-electron chi connectivity index (χ3n) is 3.53. The number of hydrogen-bond donors (Lipinski definition) is 1. The predicted molar refractivity (Wildman–Crippen MR) is 87.9 cm³/mol. The van der Waals surface area contributed by atoms with Crippen LogP contribution in [0, 0.1) is 17.1 Å². The van der Waals surface area contributed by atoms with E-state index < -0.39 is 11.4 Å². The van der Waals surface area contributed by atoms with E-state index in [1.807, 2.05) is 36.4 Å². The third-order valence-corrected chi connectivity index (χ3v) is 3.53. The minimum atomic E-state index is -0.643. The van der Waals surface area contributed by atoms with Crippen molar-refractivity contribution in [1.29, 1.82) is 5.26 Å². The summed E-state index contributed by atoms with van der Waals surface area (Å²) in [5, 5.41) is 8.83. The number of nitriles is 1. The summed E-state index contributed by atoms with van der Waals surface area (Å²) in [6, 6.07) is 16.9. The number of nitrogens with one attached hydrogen (secondary N) is 1. The number of ether oxygens (including phenoxy) is 1. The van der Waals surface area contributed by atoms with Crippen LogP contribution < -0.4 is 10.3 Å². The molecule has 24 heavy (non-hydrogen) atoms. The molecule has 2 aromatic carbocycles. The highest BCUT2D eigenvalue weighted by Gasteiger charge is 2.15. The largest absolute Gasteiger partial charge is 0.488 e. The Kier molecular flexibility index (Phi) is 4.39. The lowest BCUT2D eigenvalue weighted by molar-refractivity contribution is 0.307. The van der Waals surface area contributed by atoms with Crippen LogP contribution in [-0.2, 0) is 6.61 Å². The summed E-state index contributed by atoms with van der Waals surface area (Å²) in [6.07, 6.45) is 1.45. The van der Waals surface area contributed by atoms with Gasteiger partial charge in [0.2, 0.25) is 0 Å². The van der Waals surface area contributed by atoms with Gasteiger partial charge in [0.25, 0.3) is 5.56 Å². The van der Waals surface area contributed by atoms with Crippen LogP contribution in [0.15, 0.2) is 65.6 Å². The van der Waals surface area contributed by atoms with Crippen LogP contribution >= 0.6 is 0 Å². The van der Waals surface area contributed by atoms with Crippen molar-refractivity contribution in [2.24, 2.45) is 0 Å². The number of pyridine rings is 1. The number of halogens is 1. The van der Waals surface area contributed by atoms with Gasteiger partial charge in [0.1, 0.15) is 18.2 Å². The molecule has 0 saturated carbocycles. The fraction of sp³-hybridized carbons (Fsp3) is 0.0526. The van der Waals surface area contributed by atoms with Crippen molar-refractivity contribution in [3.05, 3.63) is 88.1 Å². The smallest absolute Gasteiger partial charge is 0.259 e. The normalized spacial score (nSPS) is 10.2. The fourth-order valence-corrected chi connectivity index (χ4v) is 2.36. The Bertz CT molecular complexity index is 959. The maximum absolute atomic E-state index is 14.3. The number of benzene rings is 2. The Morgan fingerprint density at radius 3 is 2.62 bits per heavy atom. The number of rotatable bonds is 4. The zero-order valence-corrected chi connectivity index (χ0v) is 12.6. The Morgan fingerprint density at radius 2 is 1.92 bits per heavy atom. The number of hydrogen-bond acceptors (Lipinski definition) is 3. The molecule has 0 aliphatic heterocycles. The van der Waals surface area contributed by atoms with Crippen LogP contribution in [0.4, 0.5) is 4.39 Å². The van der Waals surface area contributed by atoms with E-state index in [1.54, 1.807) is 6.07 Å². The molecule has 0 radical (unpaired) electrons. The molecule has 1 heterocycles. The van der Waals surface area contributed by atoms with Crippen LogP contribution in [0.3, 0.4) is 0 Å². The Balaban J connectivity index is 1.99. The van der Waals surface area contributed by atoms with Crippen LogP contribution in [0.25, 0.3) is 11.1 Å². The predicted octanol–water partition coefficient (Wildman–Crippen LogP) is 3.63. The van der Waals surface area contributed by atoms with Crippen molar-refractivity contribution in [2.75, 3.05) is 0 Å². The van der Waals surface area contributed by atoms with Crippen LogP contribution in [0.5, 0.6) is 5.75 Å². The molecule has 0 saturated heterocycles. The van der Waals surface area contributed by atoms with E-state index in [-0.39, 0.29) is 29.0 Å². The lowest BCUT2D eigenvalue weighted by Gasteiger charge is -2.11. The molecule has 0 aliphatic rings. The molecule has 0 spiro atoms. The summed E-state index contributed by atoms with van der Waals surface area (Å²) in [6.45, 7) is 0.259. The summed E-state index contributed by atoms with van der Waals surface area (Å²) in [4.78, 5) is 14.7. The first kappa shape index (κ1) is 15.5. The molecular formula is C19H13FN2O2. The number of aromatic nitrogens is 1. The van der Waals surface area contributed by atoms with E-state index in [2.05, 4.69) is 4.98 Å². The second kappa shape index (κ2) is 6.80. The monoisotopic (exact) mass is 320 g/mol. The third kappa shape index (κ3) is 3.18. The molecule has 0 fully saturated rings. The Morgan fingerprint density at radius 1 is 1.12 bits per heavy atom. The molecule has 3 aromatic rings. The highest BCUT2D eigenvalue weighted by molar-refractivity contribution is 5.70. The fourth-order valence-electron chi connectivity index (χ4n) is 2.36. The van der Waals surface area contributed by atoms with Gasteiger partial charge < -0.3 is 9.72 Å². The van der Waals surface area contributed by atoms with Gasteiger partial charge in [0, 0.05) is 11.8 Å². The minimum Gasteiger partial charge on any atom is -0.488 e. The quantitative estimate of drug-likeness (QED) is 0.798.